The summed E-state index contributed by atoms with van der Waals surface area (Å²) in [5.41, 5.74) is 6.03. The van der Waals surface area contributed by atoms with Crippen molar-refractivity contribution in [1.29, 1.82) is 0 Å². The Morgan fingerprint density at radius 3 is 2.32 bits per heavy atom. The second-order valence-corrected chi connectivity index (χ2v) is 4.49. The average Bonchev–Trinajstić information content (AvgIpc) is 2.37. The van der Waals surface area contributed by atoms with Gasteiger partial charge in [-0.25, -0.2) is 0 Å². The van der Waals surface area contributed by atoms with Crippen LogP contribution in [0.4, 0.5) is 13.2 Å². The molecule has 0 atom stereocenters. The highest BCUT2D eigenvalue weighted by Gasteiger charge is 2.33. The van der Waals surface area contributed by atoms with Crippen LogP contribution >= 0.6 is 11.6 Å². The van der Waals surface area contributed by atoms with Gasteiger partial charge >= 0.3 is 6.18 Å². The minimum absolute atomic E-state index is 0.0953. The van der Waals surface area contributed by atoms with Crippen molar-refractivity contribution in [3.63, 3.8) is 0 Å². The smallest absolute Gasteiger partial charge is 0.326 e. The molecule has 2 aromatic rings. The summed E-state index contributed by atoms with van der Waals surface area (Å²) < 4.78 is 39.0. The van der Waals surface area contributed by atoms with E-state index >= 15 is 0 Å². The molecule has 0 saturated carbocycles. The molecule has 0 heterocycles. The van der Waals surface area contributed by atoms with E-state index < -0.39 is 11.7 Å². The minimum atomic E-state index is -4.41. The van der Waals surface area contributed by atoms with Crippen LogP contribution < -0.4 is 5.73 Å². The molecule has 0 aromatic heterocycles. The van der Waals surface area contributed by atoms with E-state index in [-0.39, 0.29) is 12.1 Å². The van der Waals surface area contributed by atoms with E-state index in [2.05, 4.69) is 0 Å². The molecule has 0 fully saturated rings. The van der Waals surface area contributed by atoms with Crippen LogP contribution in [0.5, 0.6) is 0 Å². The van der Waals surface area contributed by atoms with Crippen molar-refractivity contribution in [1.82, 2.24) is 0 Å². The summed E-state index contributed by atoms with van der Waals surface area (Å²) >= 11 is 5.87. The van der Waals surface area contributed by atoms with Gasteiger partial charge in [0.15, 0.2) is 0 Å². The maximum atomic E-state index is 13.0. The second kappa shape index (κ2) is 5.23. The van der Waals surface area contributed by atoms with E-state index in [4.69, 9.17) is 17.3 Å². The van der Waals surface area contributed by atoms with E-state index in [9.17, 15) is 13.2 Å². The highest BCUT2D eigenvalue weighted by molar-refractivity contribution is 6.30. The molecule has 0 aliphatic carbocycles. The Hall–Kier alpha value is -1.52. The Balaban J connectivity index is 2.69. The van der Waals surface area contributed by atoms with Crippen LogP contribution in [-0.4, -0.2) is 0 Å². The standard InChI is InChI=1S/C14H11ClF3N/c15-10-6-5-9(8-19)12(7-10)11-3-1-2-4-13(11)14(16,17)18/h1-7H,8,19H2. The number of alkyl halides is 3. The molecule has 19 heavy (non-hydrogen) atoms. The van der Waals surface area contributed by atoms with Crippen molar-refractivity contribution in [2.24, 2.45) is 5.73 Å². The molecule has 100 valence electrons. The van der Waals surface area contributed by atoms with Gasteiger partial charge in [0.05, 0.1) is 5.56 Å². The SMILES string of the molecule is NCc1ccc(Cl)cc1-c1ccccc1C(F)(F)F. The van der Waals surface area contributed by atoms with Crippen LogP contribution in [0.3, 0.4) is 0 Å². The quantitative estimate of drug-likeness (QED) is 0.865. The lowest BCUT2D eigenvalue weighted by Gasteiger charge is -2.15. The van der Waals surface area contributed by atoms with E-state index in [1.807, 2.05) is 0 Å². The zero-order valence-electron chi connectivity index (χ0n) is 9.84. The number of hydrogen-bond acceptors (Lipinski definition) is 1. The first-order valence-corrected chi connectivity index (χ1v) is 5.96. The van der Waals surface area contributed by atoms with E-state index in [0.717, 1.165) is 6.07 Å². The van der Waals surface area contributed by atoms with Crippen molar-refractivity contribution in [3.8, 4) is 11.1 Å². The molecule has 0 aliphatic heterocycles. The van der Waals surface area contributed by atoms with Crippen molar-refractivity contribution in [2.75, 3.05) is 0 Å². The number of benzene rings is 2. The molecule has 0 spiro atoms. The lowest BCUT2D eigenvalue weighted by atomic mass is 9.95. The molecule has 0 radical (unpaired) electrons. The first kappa shape index (κ1) is 13.9. The van der Waals surface area contributed by atoms with Crippen molar-refractivity contribution in [3.05, 3.63) is 58.6 Å². The fraction of sp³-hybridized carbons (Fsp3) is 0.143. The number of rotatable bonds is 2. The van der Waals surface area contributed by atoms with Gasteiger partial charge in [0.2, 0.25) is 0 Å². The molecule has 1 nitrogen and oxygen atoms in total. The van der Waals surface area contributed by atoms with Gasteiger partial charge < -0.3 is 5.73 Å². The van der Waals surface area contributed by atoms with Crippen LogP contribution in [0.25, 0.3) is 11.1 Å². The maximum Gasteiger partial charge on any atom is 0.417 e. The Labute approximate surface area is 113 Å². The highest BCUT2D eigenvalue weighted by atomic mass is 35.5. The fourth-order valence-electron chi connectivity index (χ4n) is 1.94. The Bertz CT molecular complexity index is 593. The van der Waals surface area contributed by atoms with Gasteiger partial charge in [-0.1, -0.05) is 35.9 Å². The molecule has 2 N–H and O–H groups in total. The van der Waals surface area contributed by atoms with Gasteiger partial charge in [-0.05, 0) is 34.9 Å². The number of nitrogens with two attached hydrogens (primary N) is 1. The summed E-state index contributed by atoms with van der Waals surface area (Å²) in [4.78, 5) is 0. The summed E-state index contributed by atoms with van der Waals surface area (Å²) in [5, 5.41) is 0.379. The van der Waals surface area contributed by atoms with E-state index in [1.54, 1.807) is 18.2 Å². The third-order valence-electron chi connectivity index (χ3n) is 2.81. The zero-order chi connectivity index (χ0) is 14.0. The molecule has 2 aromatic carbocycles. The lowest BCUT2D eigenvalue weighted by Crippen LogP contribution is -2.08. The van der Waals surface area contributed by atoms with Gasteiger partial charge in [-0.2, -0.15) is 13.2 Å². The predicted molar refractivity (Wildman–Crippen MR) is 69.8 cm³/mol. The topological polar surface area (TPSA) is 26.0 Å². The molecule has 2 rings (SSSR count). The third kappa shape index (κ3) is 2.91. The summed E-state index contributed by atoms with van der Waals surface area (Å²) in [6.07, 6.45) is -4.41. The molecule has 5 heteroatoms. The van der Waals surface area contributed by atoms with E-state index in [1.165, 1.54) is 18.2 Å². The molecule has 0 bridgehead atoms. The van der Waals surface area contributed by atoms with Crippen LogP contribution in [0, 0.1) is 0 Å². The van der Waals surface area contributed by atoms with Gasteiger partial charge in [0, 0.05) is 11.6 Å². The lowest BCUT2D eigenvalue weighted by molar-refractivity contribution is -0.137. The Morgan fingerprint density at radius 2 is 1.68 bits per heavy atom. The summed E-state index contributed by atoms with van der Waals surface area (Å²) in [6.45, 7) is 0.151. The minimum Gasteiger partial charge on any atom is -0.326 e. The van der Waals surface area contributed by atoms with Crippen LogP contribution in [0.1, 0.15) is 11.1 Å². The average molecular weight is 286 g/mol. The van der Waals surface area contributed by atoms with Gasteiger partial charge in [0.1, 0.15) is 0 Å². The van der Waals surface area contributed by atoms with Crippen LogP contribution in [0.2, 0.25) is 5.02 Å². The number of halogens is 4. The molecule has 0 unspecified atom stereocenters. The largest absolute Gasteiger partial charge is 0.417 e. The molecular weight excluding hydrogens is 275 g/mol. The Kier molecular flexibility index (Phi) is 3.83. The van der Waals surface area contributed by atoms with Crippen LogP contribution in [-0.2, 0) is 12.7 Å². The predicted octanol–water partition coefficient (Wildman–Crippen LogP) is 4.48. The maximum absolute atomic E-state index is 13.0. The normalized spacial score (nSPS) is 11.6. The fourth-order valence-corrected chi connectivity index (χ4v) is 2.11. The first-order chi connectivity index (χ1) is 8.93. The molecular formula is C14H11ClF3N. The van der Waals surface area contributed by atoms with Gasteiger partial charge in [-0.15, -0.1) is 0 Å². The van der Waals surface area contributed by atoms with Crippen molar-refractivity contribution in [2.45, 2.75) is 12.7 Å². The van der Waals surface area contributed by atoms with Crippen molar-refractivity contribution < 1.29 is 13.2 Å². The third-order valence-corrected chi connectivity index (χ3v) is 3.05. The molecule has 0 saturated heterocycles. The second-order valence-electron chi connectivity index (χ2n) is 4.05. The van der Waals surface area contributed by atoms with E-state index in [0.29, 0.717) is 16.1 Å². The Morgan fingerprint density at radius 1 is 1.00 bits per heavy atom. The van der Waals surface area contributed by atoms with Gasteiger partial charge in [-0.3, -0.25) is 0 Å². The highest BCUT2D eigenvalue weighted by Crippen LogP contribution is 2.38. The summed E-state index contributed by atoms with van der Waals surface area (Å²) in [7, 11) is 0. The summed E-state index contributed by atoms with van der Waals surface area (Å²) in [5.74, 6) is 0. The zero-order valence-corrected chi connectivity index (χ0v) is 10.6. The molecule has 0 amide bonds. The first-order valence-electron chi connectivity index (χ1n) is 5.58. The number of hydrogen-bond donors (Lipinski definition) is 1. The molecule has 0 aliphatic rings. The monoisotopic (exact) mass is 285 g/mol. The van der Waals surface area contributed by atoms with Gasteiger partial charge in [0.25, 0.3) is 0 Å². The van der Waals surface area contributed by atoms with Crippen LogP contribution in [0.15, 0.2) is 42.5 Å². The summed E-state index contributed by atoms with van der Waals surface area (Å²) in [6, 6.07) is 10.2. The van der Waals surface area contributed by atoms with Crippen molar-refractivity contribution >= 4 is 11.6 Å².